The SMILES string of the molecule is C=C(Nc1ccc2c(ccn2C)c1)c1cc(CC)c(O)cc1O. The van der Waals surface area contributed by atoms with Gasteiger partial charge in [0, 0.05) is 47.2 Å². The molecular formula is C19H20N2O2. The summed E-state index contributed by atoms with van der Waals surface area (Å²) >= 11 is 0. The van der Waals surface area contributed by atoms with Gasteiger partial charge in [0.25, 0.3) is 0 Å². The monoisotopic (exact) mass is 308 g/mol. The van der Waals surface area contributed by atoms with Crippen LogP contribution < -0.4 is 5.32 Å². The van der Waals surface area contributed by atoms with Crippen molar-refractivity contribution in [3.05, 3.63) is 60.3 Å². The van der Waals surface area contributed by atoms with Crippen LogP contribution in [0.3, 0.4) is 0 Å². The van der Waals surface area contributed by atoms with E-state index in [9.17, 15) is 10.2 Å². The van der Waals surface area contributed by atoms with Crippen LogP contribution >= 0.6 is 0 Å². The molecule has 0 bridgehead atoms. The van der Waals surface area contributed by atoms with Crippen molar-refractivity contribution in [3.63, 3.8) is 0 Å². The smallest absolute Gasteiger partial charge is 0.128 e. The molecule has 3 rings (SSSR count). The Labute approximate surface area is 135 Å². The molecule has 0 aliphatic heterocycles. The molecule has 4 heteroatoms. The summed E-state index contributed by atoms with van der Waals surface area (Å²) in [5.74, 6) is 0.116. The molecule has 1 aromatic heterocycles. The fraction of sp³-hybridized carbons (Fsp3) is 0.158. The first-order valence-corrected chi connectivity index (χ1v) is 7.56. The number of rotatable bonds is 4. The number of fused-ring (bicyclic) bond motifs is 1. The number of aryl methyl sites for hydroxylation is 2. The Morgan fingerprint density at radius 3 is 2.65 bits per heavy atom. The number of phenolic OH excluding ortho intramolecular Hbond substituents is 2. The third-order valence-electron chi connectivity index (χ3n) is 4.08. The van der Waals surface area contributed by atoms with Crippen LogP contribution in [0.25, 0.3) is 16.6 Å². The summed E-state index contributed by atoms with van der Waals surface area (Å²) in [5.41, 5.74) is 4.01. The Morgan fingerprint density at radius 1 is 1.13 bits per heavy atom. The Balaban J connectivity index is 1.91. The molecule has 0 fully saturated rings. The van der Waals surface area contributed by atoms with Crippen LogP contribution in [0.2, 0.25) is 0 Å². The van der Waals surface area contributed by atoms with Crippen LogP contribution in [-0.2, 0) is 13.5 Å². The molecule has 0 spiro atoms. The second kappa shape index (κ2) is 5.72. The van der Waals surface area contributed by atoms with E-state index in [0.29, 0.717) is 17.7 Å². The van der Waals surface area contributed by atoms with E-state index in [1.165, 1.54) is 6.07 Å². The molecule has 3 aromatic rings. The van der Waals surface area contributed by atoms with Crippen LogP contribution in [0.5, 0.6) is 11.5 Å². The van der Waals surface area contributed by atoms with Gasteiger partial charge in [-0.05, 0) is 42.3 Å². The minimum absolute atomic E-state index is 0.0120. The molecule has 118 valence electrons. The topological polar surface area (TPSA) is 57.4 Å². The molecule has 4 nitrogen and oxygen atoms in total. The number of phenols is 2. The summed E-state index contributed by atoms with van der Waals surface area (Å²) in [4.78, 5) is 0. The zero-order valence-electron chi connectivity index (χ0n) is 13.3. The van der Waals surface area contributed by atoms with Gasteiger partial charge in [0.2, 0.25) is 0 Å². The lowest BCUT2D eigenvalue weighted by Crippen LogP contribution is -1.99. The second-order valence-electron chi connectivity index (χ2n) is 5.66. The van der Waals surface area contributed by atoms with Crippen molar-refractivity contribution in [3.8, 4) is 11.5 Å². The van der Waals surface area contributed by atoms with Crippen molar-refractivity contribution >= 4 is 22.3 Å². The number of benzene rings is 2. The maximum absolute atomic E-state index is 10.1. The molecule has 0 aliphatic carbocycles. The zero-order valence-corrected chi connectivity index (χ0v) is 13.3. The molecule has 0 atom stereocenters. The molecule has 2 aromatic carbocycles. The molecule has 1 heterocycles. The van der Waals surface area contributed by atoms with E-state index in [1.807, 2.05) is 38.4 Å². The van der Waals surface area contributed by atoms with Gasteiger partial charge in [0.1, 0.15) is 11.5 Å². The van der Waals surface area contributed by atoms with Crippen molar-refractivity contribution in [1.29, 1.82) is 0 Å². The lowest BCUT2D eigenvalue weighted by molar-refractivity contribution is 0.445. The third kappa shape index (κ3) is 2.75. The van der Waals surface area contributed by atoms with E-state index < -0.39 is 0 Å². The predicted molar refractivity (Wildman–Crippen MR) is 94.7 cm³/mol. The Kier molecular flexibility index (Phi) is 3.74. The number of nitrogens with one attached hydrogen (secondary N) is 1. The van der Waals surface area contributed by atoms with Gasteiger partial charge in [-0.15, -0.1) is 0 Å². The number of aromatic nitrogens is 1. The summed E-state index contributed by atoms with van der Waals surface area (Å²) in [6.45, 7) is 5.97. The van der Waals surface area contributed by atoms with Gasteiger partial charge in [-0.2, -0.15) is 0 Å². The first kappa shape index (κ1) is 15.0. The second-order valence-corrected chi connectivity index (χ2v) is 5.66. The molecule has 0 saturated carbocycles. The number of hydrogen-bond acceptors (Lipinski definition) is 3. The molecule has 0 radical (unpaired) electrons. The Morgan fingerprint density at radius 2 is 1.91 bits per heavy atom. The van der Waals surface area contributed by atoms with E-state index in [2.05, 4.69) is 22.5 Å². The number of nitrogens with zero attached hydrogens (tertiary/aromatic N) is 1. The maximum Gasteiger partial charge on any atom is 0.128 e. The maximum atomic E-state index is 10.1. The molecule has 0 amide bonds. The van der Waals surface area contributed by atoms with Crippen molar-refractivity contribution in [2.45, 2.75) is 13.3 Å². The van der Waals surface area contributed by atoms with Gasteiger partial charge >= 0.3 is 0 Å². The molecular weight excluding hydrogens is 288 g/mol. The quantitative estimate of drug-likeness (QED) is 0.676. The Bertz CT molecular complexity index is 894. The largest absolute Gasteiger partial charge is 0.508 e. The molecule has 0 unspecified atom stereocenters. The highest BCUT2D eigenvalue weighted by Crippen LogP contribution is 2.32. The minimum Gasteiger partial charge on any atom is -0.508 e. The van der Waals surface area contributed by atoms with E-state index in [0.717, 1.165) is 22.2 Å². The van der Waals surface area contributed by atoms with Gasteiger partial charge in [0.05, 0.1) is 0 Å². The van der Waals surface area contributed by atoms with Crippen LogP contribution in [-0.4, -0.2) is 14.8 Å². The summed E-state index contributed by atoms with van der Waals surface area (Å²) < 4.78 is 2.06. The fourth-order valence-corrected chi connectivity index (χ4v) is 2.75. The summed E-state index contributed by atoms with van der Waals surface area (Å²) in [5, 5.41) is 24.2. The standard InChI is InChI=1S/C19H20N2O2/c1-4-13-10-16(19(23)11-18(13)22)12(2)20-15-5-6-17-14(9-15)7-8-21(17)3/h5-11,20,22-23H,2,4H2,1,3H3. The van der Waals surface area contributed by atoms with Gasteiger partial charge in [-0.3, -0.25) is 0 Å². The number of anilines is 1. The normalized spacial score (nSPS) is 10.9. The average Bonchev–Trinajstić information content (AvgIpc) is 2.88. The third-order valence-corrected chi connectivity index (χ3v) is 4.08. The van der Waals surface area contributed by atoms with Gasteiger partial charge in [-0.1, -0.05) is 13.5 Å². The highest BCUT2D eigenvalue weighted by molar-refractivity contribution is 5.87. The van der Waals surface area contributed by atoms with E-state index in [1.54, 1.807) is 6.07 Å². The van der Waals surface area contributed by atoms with Crippen molar-refractivity contribution in [2.24, 2.45) is 7.05 Å². The van der Waals surface area contributed by atoms with Crippen molar-refractivity contribution in [1.82, 2.24) is 4.57 Å². The van der Waals surface area contributed by atoms with Crippen LogP contribution in [0.4, 0.5) is 5.69 Å². The summed E-state index contributed by atoms with van der Waals surface area (Å²) in [6, 6.07) is 11.2. The molecule has 0 aliphatic rings. The molecule has 0 saturated heterocycles. The lowest BCUT2D eigenvalue weighted by Gasteiger charge is -2.14. The van der Waals surface area contributed by atoms with E-state index >= 15 is 0 Å². The van der Waals surface area contributed by atoms with Crippen molar-refractivity contribution < 1.29 is 10.2 Å². The number of hydrogen-bond donors (Lipinski definition) is 3. The molecule has 23 heavy (non-hydrogen) atoms. The van der Waals surface area contributed by atoms with E-state index in [-0.39, 0.29) is 11.5 Å². The van der Waals surface area contributed by atoms with Gasteiger partial charge in [-0.25, -0.2) is 0 Å². The highest BCUT2D eigenvalue weighted by Gasteiger charge is 2.11. The fourth-order valence-electron chi connectivity index (χ4n) is 2.75. The first-order valence-electron chi connectivity index (χ1n) is 7.56. The van der Waals surface area contributed by atoms with Crippen LogP contribution in [0.15, 0.2) is 49.2 Å². The Hall–Kier alpha value is -2.88. The zero-order chi connectivity index (χ0) is 16.6. The van der Waals surface area contributed by atoms with Crippen LogP contribution in [0.1, 0.15) is 18.1 Å². The molecule has 3 N–H and O–H groups in total. The first-order chi connectivity index (χ1) is 11.0. The minimum atomic E-state index is 0.0120. The predicted octanol–water partition coefficient (Wildman–Crippen LogP) is 4.23. The summed E-state index contributed by atoms with van der Waals surface area (Å²) in [6.07, 6.45) is 2.70. The van der Waals surface area contributed by atoms with Gasteiger partial charge < -0.3 is 20.1 Å². The summed E-state index contributed by atoms with van der Waals surface area (Å²) in [7, 11) is 2.01. The lowest BCUT2D eigenvalue weighted by atomic mass is 10.0. The van der Waals surface area contributed by atoms with Crippen LogP contribution in [0, 0.1) is 0 Å². The number of aromatic hydroxyl groups is 2. The average molecular weight is 308 g/mol. The van der Waals surface area contributed by atoms with Gasteiger partial charge in [0.15, 0.2) is 0 Å². The van der Waals surface area contributed by atoms with E-state index in [4.69, 9.17) is 0 Å². The highest BCUT2D eigenvalue weighted by atomic mass is 16.3. The van der Waals surface area contributed by atoms with Crippen molar-refractivity contribution in [2.75, 3.05) is 5.32 Å².